The SMILES string of the molecule is COc1ccc(Oc2ncc(B(O)O)cn2)cc1. The molecule has 18 heavy (non-hydrogen) atoms. The third-order valence-corrected chi connectivity index (χ3v) is 2.21. The highest BCUT2D eigenvalue weighted by molar-refractivity contribution is 6.58. The molecule has 0 amide bonds. The van der Waals surface area contributed by atoms with E-state index in [1.54, 1.807) is 31.4 Å². The molecule has 0 aliphatic rings. The molecule has 7 heteroatoms. The zero-order chi connectivity index (χ0) is 13.0. The maximum absolute atomic E-state index is 8.88. The second-order valence-electron chi connectivity index (χ2n) is 3.45. The first-order chi connectivity index (χ1) is 8.69. The van der Waals surface area contributed by atoms with Crippen LogP contribution in [0.1, 0.15) is 0 Å². The Hall–Kier alpha value is -2.12. The van der Waals surface area contributed by atoms with E-state index < -0.39 is 7.12 Å². The highest BCUT2D eigenvalue weighted by Crippen LogP contribution is 2.20. The lowest BCUT2D eigenvalue weighted by Gasteiger charge is -2.05. The highest BCUT2D eigenvalue weighted by Gasteiger charge is 2.12. The average Bonchev–Trinajstić information content (AvgIpc) is 2.40. The van der Waals surface area contributed by atoms with E-state index in [1.807, 2.05) is 0 Å². The van der Waals surface area contributed by atoms with Gasteiger partial charge in [0.25, 0.3) is 0 Å². The van der Waals surface area contributed by atoms with Crippen molar-refractivity contribution in [1.82, 2.24) is 9.97 Å². The molecule has 2 rings (SSSR count). The van der Waals surface area contributed by atoms with Crippen LogP contribution in [0.25, 0.3) is 0 Å². The molecule has 0 saturated heterocycles. The minimum Gasteiger partial charge on any atom is -0.497 e. The Balaban J connectivity index is 2.08. The number of methoxy groups -OCH3 is 1. The lowest BCUT2D eigenvalue weighted by atomic mass is 9.83. The van der Waals surface area contributed by atoms with Crippen molar-refractivity contribution >= 4 is 12.6 Å². The van der Waals surface area contributed by atoms with Gasteiger partial charge in [-0.05, 0) is 24.3 Å². The van der Waals surface area contributed by atoms with Crippen LogP contribution >= 0.6 is 0 Å². The highest BCUT2D eigenvalue weighted by atomic mass is 16.5. The predicted molar refractivity (Wildman–Crippen MR) is 64.9 cm³/mol. The number of rotatable bonds is 4. The first kappa shape index (κ1) is 12.3. The van der Waals surface area contributed by atoms with Crippen LogP contribution < -0.4 is 14.9 Å². The van der Waals surface area contributed by atoms with Crippen LogP contribution in [-0.4, -0.2) is 34.2 Å². The number of hydrogen-bond donors (Lipinski definition) is 2. The number of benzene rings is 1. The third kappa shape index (κ3) is 2.96. The van der Waals surface area contributed by atoms with Gasteiger partial charge in [-0.3, -0.25) is 0 Å². The molecule has 1 aromatic carbocycles. The van der Waals surface area contributed by atoms with E-state index >= 15 is 0 Å². The second kappa shape index (κ2) is 5.48. The van der Waals surface area contributed by atoms with Gasteiger partial charge in [0.1, 0.15) is 11.5 Å². The summed E-state index contributed by atoms with van der Waals surface area (Å²) in [7, 11) is -0.00205. The second-order valence-corrected chi connectivity index (χ2v) is 3.45. The van der Waals surface area contributed by atoms with Crippen molar-refractivity contribution in [3.63, 3.8) is 0 Å². The van der Waals surface area contributed by atoms with Crippen molar-refractivity contribution in [2.24, 2.45) is 0 Å². The third-order valence-electron chi connectivity index (χ3n) is 2.21. The first-order valence-corrected chi connectivity index (χ1v) is 5.19. The minimum atomic E-state index is -1.58. The van der Waals surface area contributed by atoms with Crippen LogP contribution in [0.4, 0.5) is 0 Å². The molecule has 1 heterocycles. The Morgan fingerprint density at radius 3 is 2.06 bits per heavy atom. The van der Waals surface area contributed by atoms with Crippen molar-refractivity contribution in [2.75, 3.05) is 7.11 Å². The van der Waals surface area contributed by atoms with Gasteiger partial charge in [0.15, 0.2) is 0 Å². The predicted octanol–water partition coefficient (Wildman–Crippen LogP) is -0.0427. The van der Waals surface area contributed by atoms with E-state index in [4.69, 9.17) is 19.5 Å². The molecule has 1 aromatic heterocycles. The van der Waals surface area contributed by atoms with Gasteiger partial charge in [-0.25, -0.2) is 9.97 Å². The molecule has 0 fully saturated rings. The van der Waals surface area contributed by atoms with E-state index in [9.17, 15) is 0 Å². The minimum absolute atomic E-state index is 0.129. The van der Waals surface area contributed by atoms with Crippen molar-refractivity contribution in [3.05, 3.63) is 36.7 Å². The summed E-state index contributed by atoms with van der Waals surface area (Å²) in [6, 6.07) is 7.07. The molecule has 2 N–H and O–H groups in total. The van der Waals surface area contributed by atoms with Crippen LogP contribution in [0, 0.1) is 0 Å². The molecule has 0 atom stereocenters. The smallest absolute Gasteiger partial charge is 0.491 e. The largest absolute Gasteiger partial charge is 0.497 e. The van der Waals surface area contributed by atoms with E-state index in [0.717, 1.165) is 5.75 Å². The maximum atomic E-state index is 8.88. The Kier molecular flexibility index (Phi) is 3.76. The van der Waals surface area contributed by atoms with Gasteiger partial charge in [-0.1, -0.05) is 0 Å². The number of hydrogen-bond acceptors (Lipinski definition) is 6. The summed E-state index contributed by atoms with van der Waals surface area (Å²) in [5.74, 6) is 1.29. The maximum Gasteiger partial charge on any atom is 0.491 e. The van der Waals surface area contributed by atoms with Gasteiger partial charge < -0.3 is 19.5 Å². The standard InChI is InChI=1S/C11H11BN2O4/c1-17-9-2-4-10(5-3-9)18-11-13-6-8(7-14-11)12(15)16/h2-7,15-16H,1H3. The van der Waals surface area contributed by atoms with Crippen molar-refractivity contribution in [2.45, 2.75) is 0 Å². The molecule has 0 unspecified atom stereocenters. The lowest BCUT2D eigenvalue weighted by molar-refractivity contribution is 0.410. The average molecular weight is 246 g/mol. The molecule has 0 aliphatic heterocycles. The fourth-order valence-electron chi connectivity index (χ4n) is 1.26. The summed E-state index contributed by atoms with van der Waals surface area (Å²) in [6.45, 7) is 0. The Morgan fingerprint density at radius 1 is 1.00 bits per heavy atom. The summed E-state index contributed by atoms with van der Waals surface area (Å²) >= 11 is 0. The normalized spacial score (nSPS) is 9.94. The van der Waals surface area contributed by atoms with E-state index in [2.05, 4.69) is 9.97 Å². The molecular weight excluding hydrogens is 235 g/mol. The molecular formula is C11H11BN2O4. The van der Waals surface area contributed by atoms with Gasteiger partial charge in [0, 0.05) is 17.9 Å². The van der Waals surface area contributed by atoms with Crippen molar-refractivity contribution in [3.8, 4) is 17.5 Å². The number of nitrogens with zero attached hydrogens (tertiary/aromatic N) is 2. The van der Waals surface area contributed by atoms with E-state index in [0.29, 0.717) is 5.75 Å². The molecule has 92 valence electrons. The Morgan fingerprint density at radius 2 is 1.56 bits per heavy atom. The van der Waals surface area contributed by atoms with Gasteiger partial charge >= 0.3 is 13.1 Å². The molecule has 0 spiro atoms. The van der Waals surface area contributed by atoms with Crippen molar-refractivity contribution < 1.29 is 19.5 Å². The number of ether oxygens (including phenoxy) is 2. The zero-order valence-electron chi connectivity index (χ0n) is 9.65. The fourth-order valence-corrected chi connectivity index (χ4v) is 1.26. The molecule has 2 aromatic rings. The molecule has 0 bridgehead atoms. The molecule has 0 aliphatic carbocycles. The van der Waals surface area contributed by atoms with Crippen molar-refractivity contribution in [1.29, 1.82) is 0 Å². The summed E-state index contributed by atoms with van der Waals surface area (Å²) in [6.07, 6.45) is 2.58. The van der Waals surface area contributed by atoms with Gasteiger partial charge in [0.2, 0.25) is 0 Å². The zero-order valence-corrected chi connectivity index (χ0v) is 9.65. The van der Waals surface area contributed by atoms with E-state index in [-0.39, 0.29) is 11.5 Å². The Labute approximate surface area is 104 Å². The molecule has 0 saturated carbocycles. The van der Waals surface area contributed by atoms with Crippen LogP contribution in [0.2, 0.25) is 0 Å². The summed E-state index contributed by atoms with van der Waals surface area (Å²) in [5, 5.41) is 17.8. The summed E-state index contributed by atoms with van der Waals surface area (Å²) in [4.78, 5) is 7.71. The van der Waals surface area contributed by atoms with Crippen LogP contribution in [-0.2, 0) is 0 Å². The topological polar surface area (TPSA) is 84.7 Å². The quantitative estimate of drug-likeness (QED) is 0.736. The first-order valence-electron chi connectivity index (χ1n) is 5.19. The number of aromatic nitrogens is 2. The van der Waals surface area contributed by atoms with Crippen LogP contribution in [0.15, 0.2) is 36.7 Å². The molecule has 6 nitrogen and oxygen atoms in total. The summed E-state index contributed by atoms with van der Waals surface area (Å²) < 4.78 is 10.4. The fraction of sp³-hybridized carbons (Fsp3) is 0.0909. The Bertz CT molecular complexity index is 501. The monoisotopic (exact) mass is 246 g/mol. The lowest BCUT2D eigenvalue weighted by Crippen LogP contribution is -2.30. The molecule has 0 radical (unpaired) electrons. The van der Waals surface area contributed by atoms with Gasteiger partial charge in [-0.15, -0.1) is 0 Å². The van der Waals surface area contributed by atoms with Crippen LogP contribution in [0.5, 0.6) is 17.5 Å². The van der Waals surface area contributed by atoms with Crippen LogP contribution in [0.3, 0.4) is 0 Å². The summed E-state index contributed by atoms with van der Waals surface area (Å²) in [5.41, 5.74) is 0.206. The van der Waals surface area contributed by atoms with E-state index in [1.165, 1.54) is 12.4 Å². The van der Waals surface area contributed by atoms with Gasteiger partial charge in [0.05, 0.1) is 7.11 Å². The van der Waals surface area contributed by atoms with Gasteiger partial charge in [-0.2, -0.15) is 0 Å².